The number of carbonyl (C=O) groups excluding carboxylic acids is 1. The number of alkyl carbamates (subject to hydrolysis) is 1. The molecule has 0 bridgehead atoms. The third-order valence-corrected chi connectivity index (χ3v) is 5.73. The van der Waals surface area contributed by atoms with E-state index in [1.54, 1.807) is 0 Å². The molecule has 2 aromatic rings. The second kappa shape index (κ2) is 9.06. The summed E-state index contributed by atoms with van der Waals surface area (Å²) in [5.41, 5.74) is 3.04. The van der Waals surface area contributed by atoms with E-state index in [4.69, 9.17) is 14.0 Å². The monoisotopic (exact) mass is 407 g/mol. The molecule has 0 aliphatic carbocycles. The lowest BCUT2D eigenvalue weighted by Gasteiger charge is -2.32. The lowest BCUT2D eigenvalue weighted by atomic mass is 9.76. The zero-order chi connectivity index (χ0) is 21.8. The van der Waals surface area contributed by atoms with Crippen molar-refractivity contribution in [2.45, 2.75) is 52.4 Å². The number of nitrogens with one attached hydrogen (secondary N) is 1. The highest BCUT2D eigenvalue weighted by atomic mass is 16.7. The van der Waals surface area contributed by atoms with Crippen molar-refractivity contribution in [2.75, 3.05) is 6.54 Å². The molecule has 1 saturated heterocycles. The molecule has 1 aliphatic rings. The summed E-state index contributed by atoms with van der Waals surface area (Å²) in [4.78, 5) is 12.3. The van der Waals surface area contributed by atoms with Crippen LogP contribution in [0.1, 0.15) is 44.4 Å². The van der Waals surface area contributed by atoms with Crippen LogP contribution in [-0.4, -0.2) is 31.0 Å². The Balaban J connectivity index is 1.72. The van der Waals surface area contributed by atoms with Gasteiger partial charge in [-0.15, -0.1) is 0 Å². The summed E-state index contributed by atoms with van der Waals surface area (Å²) in [5, 5.41) is 2.83. The number of ether oxygens (including phenoxy) is 1. The van der Waals surface area contributed by atoms with Gasteiger partial charge in [-0.25, -0.2) is 4.79 Å². The summed E-state index contributed by atoms with van der Waals surface area (Å²) in [5.74, 6) is 0. The Hall–Kier alpha value is -2.57. The molecule has 0 aromatic heterocycles. The maximum atomic E-state index is 12.3. The Kier molecular flexibility index (Phi) is 6.69. The number of benzene rings is 2. The minimum absolute atomic E-state index is 0.222. The molecule has 3 rings (SSSR count). The van der Waals surface area contributed by atoms with E-state index in [1.165, 1.54) is 0 Å². The van der Waals surface area contributed by atoms with E-state index in [0.717, 1.165) is 22.2 Å². The van der Waals surface area contributed by atoms with E-state index in [1.807, 2.05) is 82.3 Å². The normalized spacial score (nSPS) is 17.6. The first-order valence-electron chi connectivity index (χ1n) is 10.2. The minimum atomic E-state index is -0.552. The fourth-order valence-electron chi connectivity index (χ4n) is 3.09. The first-order valence-corrected chi connectivity index (χ1v) is 10.2. The van der Waals surface area contributed by atoms with Crippen molar-refractivity contribution in [1.29, 1.82) is 0 Å². The molecule has 2 aromatic carbocycles. The predicted octanol–water partition coefficient (Wildman–Crippen LogP) is 4.94. The van der Waals surface area contributed by atoms with Gasteiger partial charge in [0.1, 0.15) is 6.61 Å². The average Bonchev–Trinajstić information content (AvgIpc) is 2.92. The van der Waals surface area contributed by atoms with E-state index in [-0.39, 0.29) is 13.2 Å². The summed E-state index contributed by atoms with van der Waals surface area (Å²) in [7, 11) is -0.552. The number of aryl methyl sites for hydroxylation is 1. The lowest BCUT2D eigenvalue weighted by Crippen LogP contribution is -2.41. The van der Waals surface area contributed by atoms with Crippen LogP contribution in [0.15, 0.2) is 60.1 Å². The van der Waals surface area contributed by atoms with Crippen LogP contribution in [0.4, 0.5) is 4.79 Å². The van der Waals surface area contributed by atoms with E-state index in [0.29, 0.717) is 0 Å². The molecule has 0 atom stereocenters. The van der Waals surface area contributed by atoms with Gasteiger partial charge in [0.2, 0.25) is 0 Å². The highest BCUT2D eigenvalue weighted by molar-refractivity contribution is 6.56. The number of hydrogen-bond acceptors (Lipinski definition) is 4. The maximum Gasteiger partial charge on any atom is 0.492 e. The fourth-order valence-corrected chi connectivity index (χ4v) is 3.09. The van der Waals surface area contributed by atoms with Gasteiger partial charge in [-0.2, -0.15) is 0 Å². The summed E-state index contributed by atoms with van der Waals surface area (Å²) < 4.78 is 17.8. The molecule has 1 aliphatic heterocycles. The molecule has 0 unspecified atom stereocenters. The highest BCUT2D eigenvalue weighted by Crippen LogP contribution is 2.38. The molecule has 1 N–H and O–H groups in total. The summed E-state index contributed by atoms with van der Waals surface area (Å²) in [6.45, 7) is 10.6. The largest absolute Gasteiger partial charge is 0.492 e. The summed E-state index contributed by atoms with van der Waals surface area (Å²) in [6, 6.07) is 17.7. The van der Waals surface area contributed by atoms with Gasteiger partial charge in [-0.05, 0) is 56.8 Å². The van der Waals surface area contributed by atoms with Crippen molar-refractivity contribution in [1.82, 2.24) is 5.32 Å². The van der Waals surface area contributed by atoms with Gasteiger partial charge in [-0.1, -0.05) is 60.7 Å². The van der Waals surface area contributed by atoms with Crippen LogP contribution < -0.4 is 5.32 Å². The van der Waals surface area contributed by atoms with Crippen LogP contribution in [0.25, 0.3) is 6.08 Å². The van der Waals surface area contributed by atoms with Crippen molar-refractivity contribution in [3.05, 3.63) is 76.8 Å². The Bertz CT molecular complexity index is 892. The molecule has 0 radical (unpaired) electrons. The molecule has 5 nitrogen and oxygen atoms in total. The van der Waals surface area contributed by atoms with Crippen molar-refractivity contribution in [3.63, 3.8) is 0 Å². The van der Waals surface area contributed by atoms with Gasteiger partial charge in [0.05, 0.1) is 11.2 Å². The quantitative estimate of drug-likeness (QED) is 0.690. The smallest absolute Gasteiger partial charge is 0.445 e. The van der Waals surface area contributed by atoms with E-state index in [2.05, 4.69) is 18.3 Å². The van der Waals surface area contributed by atoms with Gasteiger partial charge in [0, 0.05) is 6.54 Å². The van der Waals surface area contributed by atoms with Gasteiger partial charge in [0.15, 0.2) is 0 Å². The molecule has 6 heteroatoms. The van der Waals surface area contributed by atoms with Crippen LogP contribution in [0.5, 0.6) is 0 Å². The zero-order valence-corrected chi connectivity index (χ0v) is 18.4. The second-order valence-electron chi connectivity index (χ2n) is 8.58. The van der Waals surface area contributed by atoms with E-state index in [9.17, 15) is 4.79 Å². The number of carbonyl (C=O) groups is 1. The predicted molar refractivity (Wildman–Crippen MR) is 120 cm³/mol. The molecule has 30 heavy (non-hydrogen) atoms. The third kappa shape index (κ3) is 5.32. The Morgan fingerprint density at radius 3 is 2.23 bits per heavy atom. The van der Waals surface area contributed by atoms with Crippen molar-refractivity contribution < 1.29 is 18.8 Å². The lowest BCUT2D eigenvalue weighted by molar-refractivity contribution is 0.00578. The first kappa shape index (κ1) is 22.1. The van der Waals surface area contributed by atoms with Crippen LogP contribution in [-0.2, 0) is 20.7 Å². The topological polar surface area (TPSA) is 56.8 Å². The molecule has 1 heterocycles. The molecule has 0 spiro atoms. The first-order chi connectivity index (χ1) is 14.2. The average molecular weight is 407 g/mol. The van der Waals surface area contributed by atoms with Crippen LogP contribution >= 0.6 is 0 Å². The van der Waals surface area contributed by atoms with Gasteiger partial charge < -0.3 is 19.4 Å². The minimum Gasteiger partial charge on any atom is -0.445 e. The molecular weight excluding hydrogens is 377 g/mol. The summed E-state index contributed by atoms with van der Waals surface area (Å²) >= 11 is 0. The van der Waals surface area contributed by atoms with E-state index >= 15 is 0 Å². The number of amides is 1. The highest BCUT2D eigenvalue weighted by Gasteiger charge is 2.52. The Morgan fingerprint density at radius 1 is 1.00 bits per heavy atom. The van der Waals surface area contributed by atoms with Crippen LogP contribution in [0, 0.1) is 6.92 Å². The van der Waals surface area contributed by atoms with Crippen molar-refractivity contribution >= 4 is 19.3 Å². The maximum absolute atomic E-state index is 12.3. The third-order valence-electron chi connectivity index (χ3n) is 5.73. The fraction of sp³-hybridized carbons (Fsp3) is 0.375. The van der Waals surface area contributed by atoms with Crippen molar-refractivity contribution in [2.24, 2.45) is 0 Å². The second-order valence-corrected chi connectivity index (χ2v) is 8.58. The van der Waals surface area contributed by atoms with Crippen LogP contribution in [0.3, 0.4) is 0 Å². The van der Waals surface area contributed by atoms with Gasteiger partial charge >= 0.3 is 13.2 Å². The van der Waals surface area contributed by atoms with Gasteiger partial charge in [0.25, 0.3) is 0 Å². The zero-order valence-electron chi connectivity index (χ0n) is 18.4. The molecule has 158 valence electrons. The number of rotatable bonds is 6. The Morgan fingerprint density at radius 2 is 1.60 bits per heavy atom. The molecule has 1 amide bonds. The number of hydrogen-bond donors (Lipinski definition) is 1. The molecular formula is C24H30BNO4. The standard InChI is InChI=1S/C24H30BNO4/c1-18-11-9-10-14-20(18)15-21(25-29-23(2,3)24(4,5)30-25)16-26-22(27)28-17-19-12-7-6-8-13-19/h6-15H,16-17H2,1-5H3,(H,26,27). The van der Waals surface area contributed by atoms with E-state index < -0.39 is 24.4 Å². The Labute approximate surface area is 179 Å². The van der Waals surface area contributed by atoms with Crippen molar-refractivity contribution in [3.8, 4) is 0 Å². The molecule has 1 fully saturated rings. The van der Waals surface area contributed by atoms with Crippen LogP contribution in [0.2, 0.25) is 0 Å². The summed E-state index contributed by atoms with van der Waals surface area (Å²) in [6.07, 6.45) is 1.54. The van der Waals surface area contributed by atoms with Gasteiger partial charge in [-0.3, -0.25) is 0 Å². The molecule has 0 saturated carbocycles. The SMILES string of the molecule is Cc1ccccc1C=C(CNC(=O)OCc1ccccc1)B1OC(C)(C)C(C)(C)O1.